The third-order valence-corrected chi connectivity index (χ3v) is 5.43. The number of hydrogen-bond donors (Lipinski definition) is 0. The van der Waals surface area contributed by atoms with Gasteiger partial charge in [-0.2, -0.15) is 5.10 Å². The molecule has 2 unspecified atom stereocenters. The highest BCUT2D eigenvalue weighted by Crippen LogP contribution is 2.22. The Hall–Kier alpha value is -2.27. The lowest BCUT2D eigenvalue weighted by atomic mass is 10.2. The first-order chi connectivity index (χ1) is 11.1. The van der Waals surface area contributed by atoms with Crippen molar-refractivity contribution >= 4 is 10.8 Å². The summed E-state index contributed by atoms with van der Waals surface area (Å²) in [6, 6.07) is 15.9. The first kappa shape index (κ1) is 15.6. The summed E-state index contributed by atoms with van der Waals surface area (Å²) in [6.45, 7) is 1.90. The van der Waals surface area contributed by atoms with Gasteiger partial charge in [-0.05, 0) is 48.4 Å². The molecular weight excluding hydrogens is 311 g/mol. The minimum atomic E-state index is -1.06. The summed E-state index contributed by atoms with van der Waals surface area (Å²) in [6.07, 6.45) is 3.61. The molecular formula is C18H17FN2OS. The van der Waals surface area contributed by atoms with E-state index in [2.05, 4.69) is 5.10 Å². The smallest absolute Gasteiger partial charge is 0.123 e. The fourth-order valence-corrected chi connectivity index (χ4v) is 3.57. The van der Waals surface area contributed by atoms with E-state index in [0.29, 0.717) is 5.75 Å². The Morgan fingerprint density at radius 3 is 2.43 bits per heavy atom. The lowest BCUT2D eigenvalue weighted by molar-refractivity contribution is 0.626. The molecule has 2 aromatic carbocycles. The SMILES string of the molecule is CC(c1ccc(F)cc1)S(=O)Cc1ccc(-n2cccn2)cc1. The van der Waals surface area contributed by atoms with Crippen LogP contribution in [0.4, 0.5) is 4.39 Å². The summed E-state index contributed by atoms with van der Waals surface area (Å²) in [5, 5.41) is 4.04. The Morgan fingerprint density at radius 1 is 1.13 bits per heavy atom. The summed E-state index contributed by atoms with van der Waals surface area (Å²) in [5.74, 6) is 0.193. The number of rotatable bonds is 5. The van der Waals surface area contributed by atoms with Crippen LogP contribution in [0.5, 0.6) is 0 Å². The number of nitrogens with zero attached hydrogens (tertiary/aromatic N) is 2. The maximum Gasteiger partial charge on any atom is 0.123 e. The molecule has 0 aliphatic heterocycles. The molecule has 0 N–H and O–H groups in total. The summed E-state index contributed by atoms with van der Waals surface area (Å²) in [5.41, 5.74) is 2.86. The van der Waals surface area contributed by atoms with E-state index < -0.39 is 10.8 Å². The van der Waals surface area contributed by atoms with Crippen molar-refractivity contribution < 1.29 is 8.60 Å². The van der Waals surface area contributed by atoms with E-state index in [0.717, 1.165) is 16.8 Å². The second-order valence-electron chi connectivity index (χ2n) is 5.34. The molecule has 0 aliphatic rings. The molecule has 0 saturated heterocycles. The van der Waals surface area contributed by atoms with Crippen LogP contribution in [0, 0.1) is 5.82 Å². The first-order valence-corrected chi connectivity index (χ1v) is 8.73. The number of halogens is 1. The molecule has 3 rings (SSSR count). The fraction of sp³-hybridized carbons (Fsp3) is 0.167. The molecule has 1 aromatic heterocycles. The third-order valence-electron chi connectivity index (χ3n) is 3.75. The van der Waals surface area contributed by atoms with Crippen LogP contribution in [-0.4, -0.2) is 14.0 Å². The van der Waals surface area contributed by atoms with Gasteiger partial charge >= 0.3 is 0 Å². The van der Waals surface area contributed by atoms with E-state index in [-0.39, 0.29) is 11.1 Å². The summed E-state index contributed by atoms with van der Waals surface area (Å²) in [4.78, 5) is 0. The molecule has 0 bridgehead atoms. The van der Waals surface area contributed by atoms with Crippen molar-refractivity contribution in [1.82, 2.24) is 9.78 Å². The van der Waals surface area contributed by atoms with Crippen molar-refractivity contribution in [2.45, 2.75) is 17.9 Å². The van der Waals surface area contributed by atoms with Crippen molar-refractivity contribution in [2.75, 3.05) is 0 Å². The Labute approximate surface area is 137 Å². The molecule has 3 nitrogen and oxygen atoms in total. The van der Waals surface area contributed by atoms with Crippen LogP contribution in [0.25, 0.3) is 5.69 Å². The Bertz CT molecular complexity index is 783. The van der Waals surface area contributed by atoms with E-state index in [4.69, 9.17) is 0 Å². The topological polar surface area (TPSA) is 34.9 Å². The second kappa shape index (κ2) is 6.87. The quantitative estimate of drug-likeness (QED) is 0.709. The van der Waals surface area contributed by atoms with Crippen molar-refractivity contribution in [3.8, 4) is 5.69 Å². The maximum absolute atomic E-state index is 13.0. The highest BCUT2D eigenvalue weighted by atomic mass is 32.2. The third kappa shape index (κ3) is 3.74. The van der Waals surface area contributed by atoms with Crippen LogP contribution >= 0.6 is 0 Å². The van der Waals surface area contributed by atoms with Gasteiger partial charge in [0.15, 0.2) is 0 Å². The Morgan fingerprint density at radius 2 is 1.83 bits per heavy atom. The summed E-state index contributed by atoms with van der Waals surface area (Å²) in [7, 11) is -1.06. The lowest BCUT2D eigenvalue weighted by Crippen LogP contribution is -2.05. The van der Waals surface area contributed by atoms with Crippen LogP contribution in [0.3, 0.4) is 0 Å². The van der Waals surface area contributed by atoms with E-state index in [1.807, 2.05) is 43.5 Å². The number of aromatic nitrogens is 2. The molecule has 3 aromatic rings. The van der Waals surface area contributed by atoms with Crippen molar-refractivity contribution in [2.24, 2.45) is 0 Å². The molecule has 0 spiro atoms. The lowest BCUT2D eigenvalue weighted by Gasteiger charge is -2.12. The standard InChI is InChI=1S/C18H17FN2OS/c1-14(16-5-7-17(19)8-6-16)23(22)13-15-3-9-18(10-4-15)21-12-2-11-20-21/h2-12,14H,13H2,1H3. The minimum absolute atomic E-state index is 0.138. The first-order valence-electron chi connectivity index (χ1n) is 7.35. The Balaban J connectivity index is 1.69. The van der Waals surface area contributed by atoms with Crippen LogP contribution < -0.4 is 0 Å². The minimum Gasteiger partial charge on any atom is -0.259 e. The van der Waals surface area contributed by atoms with Gasteiger partial charge in [-0.25, -0.2) is 9.07 Å². The predicted molar refractivity (Wildman–Crippen MR) is 90.2 cm³/mol. The molecule has 1 heterocycles. The highest BCUT2D eigenvalue weighted by Gasteiger charge is 2.14. The monoisotopic (exact) mass is 328 g/mol. The van der Waals surface area contributed by atoms with E-state index >= 15 is 0 Å². The van der Waals surface area contributed by atoms with Gasteiger partial charge in [0.2, 0.25) is 0 Å². The van der Waals surface area contributed by atoms with Crippen molar-refractivity contribution in [1.29, 1.82) is 0 Å². The summed E-state index contributed by atoms with van der Waals surface area (Å²) < 4.78 is 27.3. The highest BCUT2D eigenvalue weighted by molar-refractivity contribution is 7.84. The number of benzene rings is 2. The van der Waals surface area contributed by atoms with Gasteiger partial charge in [-0.1, -0.05) is 24.3 Å². The van der Waals surface area contributed by atoms with Gasteiger partial charge in [0.05, 0.1) is 10.9 Å². The predicted octanol–water partition coefficient (Wildman–Crippen LogP) is 4.02. The van der Waals surface area contributed by atoms with Crippen LogP contribution in [-0.2, 0) is 16.6 Å². The maximum atomic E-state index is 13.0. The van der Waals surface area contributed by atoms with Gasteiger partial charge in [0.1, 0.15) is 5.82 Å². The van der Waals surface area contributed by atoms with Gasteiger partial charge in [0.25, 0.3) is 0 Å². The molecule has 0 fully saturated rings. The van der Waals surface area contributed by atoms with Gasteiger partial charge in [0, 0.05) is 28.9 Å². The van der Waals surface area contributed by atoms with E-state index in [1.165, 1.54) is 12.1 Å². The molecule has 0 radical (unpaired) electrons. The molecule has 118 valence electrons. The van der Waals surface area contributed by atoms with Crippen LogP contribution in [0.15, 0.2) is 67.0 Å². The van der Waals surface area contributed by atoms with Crippen LogP contribution in [0.2, 0.25) is 0 Å². The number of hydrogen-bond acceptors (Lipinski definition) is 2. The van der Waals surface area contributed by atoms with Crippen molar-refractivity contribution in [3.63, 3.8) is 0 Å². The molecule has 0 aliphatic carbocycles. The average molecular weight is 328 g/mol. The average Bonchev–Trinajstić information content (AvgIpc) is 3.10. The van der Waals surface area contributed by atoms with Gasteiger partial charge in [-0.15, -0.1) is 0 Å². The molecule has 2 atom stereocenters. The molecule has 23 heavy (non-hydrogen) atoms. The van der Waals surface area contributed by atoms with E-state index in [9.17, 15) is 8.60 Å². The zero-order valence-corrected chi connectivity index (χ0v) is 13.5. The van der Waals surface area contributed by atoms with Crippen LogP contribution in [0.1, 0.15) is 23.3 Å². The largest absolute Gasteiger partial charge is 0.259 e. The zero-order chi connectivity index (χ0) is 16.2. The van der Waals surface area contributed by atoms with E-state index in [1.54, 1.807) is 23.0 Å². The van der Waals surface area contributed by atoms with Gasteiger partial charge in [-0.3, -0.25) is 4.21 Å². The normalized spacial score (nSPS) is 13.7. The van der Waals surface area contributed by atoms with Crippen molar-refractivity contribution in [3.05, 3.63) is 83.9 Å². The molecule has 0 saturated carbocycles. The Kier molecular flexibility index (Phi) is 4.67. The second-order valence-corrected chi connectivity index (χ2v) is 7.09. The van der Waals surface area contributed by atoms with Gasteiger partial charge < -0.3 is 0 Å². The molecule has 5 heteroatoms. The fourth-order valence-electron chi connectivity index (χ4n) is 2.34. The zero-order valence-electron chi connectivity index (χ0n) is 12.7. The molecule has 0 amide bonds. The summed E-state index contributed by atoms with van der Waals surface area (Å²) >= 11 is 0.